The number of allylic oxidation sites excluding steroid dienone is 1. The van der Waals surface area contributed by atoms with E-state index in [0.29, 0.717) is 17.1 Å². The van der Waals surface area contributed by atoms with Crippen LogP contribution in [0.1, 0.15) is 22.6 Å². The maximum Gasteiger partial charge on any atom is 0.333 e. The number of nitrogens with zero attached hydrogens (tertiary/aromatic N) is 2. The molecular weight excluding hydrogens is 356 g/mol. The summed E-state index contributed by atoms with van der Waals surface area (Å²) in [4.78, 5) is 25.5. The molecule has 1 aliphatic heterocycles. The standard InChI is InChI=1S/C22H20N2O4/c1-23-20(25)19-16(15-11-7-8-12-17(15)27-3)13-18(14-9-5-4-6-10-14)28-21(19)24(2)22(23)26/h4-13,16H,1-3H3/t16-/m0/s1. The highest BCUT2D eigenvalue weighted by atomic mass is 16.5. The van der Waals surface area contributed by atoms with Crippen molar-refractivity contribution in [3.05, 3.63) is 98.2 Å². The molecular formula is C22H20N2O4. The van der Waals surface area contributed by atoms with Crippen LogP contribution in [0.5, 0.6) is 11.6 Å². The lowest BCUT2D eigenvalue weighted by atomic mass is 9.88. The molecule has 0 aliphatic carbocycles. The molecule has 0 spiro atoms. The molecule has 0 saturated carbocycles. The van der Waals surface area contributed by atoms with E-state index in [1.165, 1.54) is 11.6 Å². The van der Waals surface area contributed by atoms with E-state index in [4.69, 9.17) is 9.47 Å². The van der Waals surface area contributed by atoms with E-state index in [1.54, 1.807) is 14.2 Å². The van der Waals surface area contributed by atoms with Crippen molar-refractivity contribution in [3.63, 3.8) is 0 Å². The molecule has 0 fully saturated rings. The first-order valence-corrected chi connectivity index (χ1v) is 8.91. The Morgan fingerprint density at radius 3 is 2.32 bits per heavy atom. The molecule has 2 heterocycles. The fraction of sp³-hybridized carbons (Fsp3) is 0.182. The van der Waals surface area contributed by atoms with Crippen LogP contribution in [0, 0.1) is 0 Å². The number of rotatable bonds is 3. The van der Waals surface area contributed by atoms with E-state index in [0.717, 1.165) is 15.7 Å². The van der Waals surface area contributed by atoms with Crippen molar-refractivity contribution in [2.24, 2.45) is 14.1 Å². The van der Waals surface area contributed by atoms with Gasteiger partial charge in [0, 0.05) is 31.1 Å². The van der Waals surface area contributed by atoms with Crippen LogP contribution in [0.3, 0.4) is 0 Å². The summed E-state index contributed by atoms with van der Waals surface area (Å²) in [5.41, 5.74) is 1.29. The molecule has 0 unspecified atom stereocenters. The van der Waals surface area contributed by atoms with Gasteiger partial charge in [-0.25, -0.2) is 4.79 Å². The molecule has 28 heavy (non-hydrogen) atoms. The number of benzene rings is 2. The Kier molecular flexibility index (Phi) is 4.39. The van der Waals surface area contributed by atoms with Crippen LogP contribution in [0.4, 0.5) is 0 Å². The zero-order valence-corrected chi connectivity index (χ0v) is 15.9. The number of hydrogen-bond acceptors (Lipinski definition) is 4. The van der Waals surface area contributed by atoms with Crippen molar-refractivity contribution >= 4 is 5.76 Å². The second kappa shape index (κ2) is 6.88. The van der Waals surface area contributed by atoms with E-state index in [2.05, 4.69) is 0 Å². The van der Waals surface area contributed by atoms with Gasteiger partial charge in [-0.2, -0.15) is 0 Å². The molecule has 4 rings (SSSR count). The van der Waals surface area contributed by atoms with Gasteiger partial charge in [-0.05, 0) is 12.1 Å². The summed E-state index contributed by atoms with van der Waals surface area (Å²) in [6.07, 6.45) is 1.90. The SMILES string of the molecule is COc1ccccc1[C@@H]1C=C(c2ccccc2)Oc2c1c(=O)n(C)c(=O)n2C. The van der Waals surface area contributed by atoms with Gasteiger partial charge in [0.05, 0.1) is 12.7 Å². The Bertz CT molecular complexity index is 1190. The van der Waals surface area contributed by atoms with Crippen LogP contribution in [0.2, 0.25) is 0 Å². The van der Waals surface area contributed by atoms with Crippen molar-refractivity contribution in [1.29, 1.82) is 0 Å². The second-order valence-corrected chi connectivity index (χ2v) is 6.64. The maximum atomic E-state index is 13.0. The predicted octanol–water partition coefficient (Wildman–Crippen LogP) is 2.66. The van der Waals surface area contributed by atoms with E-state index in [1.807, 2.05) is 60.7 Å². The van der Waals surface area contributed by atoms with Gasteiger partial charge in [0.15, 0.2) is 0 Å². The molecule has 0 amide bonds. The van der Waals surface area contributed by atoms with Gasteiger partial charge in [0.1, 0.15) is 11.5 Å². The van der Waals surface area contributed by atoms with Crippen molar-refractivity contribution in [2.45, 2.75) is 5.92 Å². The smallest absolute Gasteiger partial charge is 0.333 e. The number of aromatic nitrogens is 2. The minimum Gasteiger partial charge on any atom is -0.496 e. The zero-order valence-electron chi connectivity index (χ0n) is 15.9. The van der Waals surface area contributed by atoms with Gasteiger partial charge < -0.3 is 9.47 Å². The van der Waals surface area contributed by atoms with Crippen LogP contribution < -0.4 is 20.7 Å². The Morgan fingerprint density at radius 1 is 0.929 bits per heavy atom. The molecule has 6 heteroatoms. The summed E-state index contributed by atoms with van der Waals surface area (Å²) in [5.74, 6) is 1.10. The zero-order chi connectivity index (χ0) is 19.8. The molecule has 3 aromatic rings. The molecule has 1 aromatic heterocycles. The van der Waals surface area contributed by atoms with E-state index in [-0.39, 0.29) is 11.4 Å². The summed E-state index contributed by atoms with van der Waals surface area (Å²) in [6, 6.07) is 17.1. The number of ether oxygens (including phenoxy) is 2. The van der Waals surface area contributed by atoms with Crippen molar-refractivity contribution in [3.8, 4) is 11.6 Å². The van der Waals surface area contributed by atoms with E-state index >= 15 is 0 Å². The predicted molar refractivity (Wildman–Crippen MR) is 107 cm³/mol. The molecule has 2 aromatic carbocycles. The van der Waals surface area contributed by atoms with Crippen LogP contribution in [-0.4, -0.2) is 16.2 Å². The molecule has 6 nitrogen and oxygen atoms in total. The maximum absolute atomic E-state index is 13.0. The average molecular weight is 376 g/mol. The van der Waals surface area contributed by atoms with Crippen LogP contribution in [-0.2, 0) is 14.1 Å². The molecule has 0 saturated heterocycles. The fourth-order valence-corrected chi connectivity index (χ4v) is 3.54. The average Bonchev–Trinajstić information content (AvgIpc) is 2.75. The third-order valence-electron chi connectivity index (χ3n) is 5.01. The Balaban J connectivity index is 2.04. The summed E-state index contributed by atoms with van der Waals surface area (Å²) >= 11 is 0. The summed E-state index contributed by atoms with van der Waals surface area (Å²) in [5, 5.41) is 0. The van der Waals surface area contributed by atoms with Crippen LogP contribution in [0.15, 0.2) is 70.3 Å². The van der Waals surface area contributed by atoms with Gasteiger partial charge in [-0.3, -0.25) is 13.9 Å². The quantitative estimate of drug-likeness (QED) is 0.705. The Hall–Kier alpha value is -3.54. The summed E-state index contributed by atoms with van der Waals surface area (Å²) in [7, 11) is 4.67. The van der Waals surface area contributed by atoms with Crippen LogP contribution >= 0.6 is 0 Å². The first-order valence-electron chi connectivity index (χ1n) is 8.91. The number of hydrogen-bond donors (Lipinski definition) is 0. The van der Waals surface area contributed by atoms with E-state index in [9.17, 15) is 9.59 Å². The Morgan fingerprint density at radius 2 is 1.61 bits per heavy atom. The summed E-state index contributed by atoms with van der Waals surface area (Å²) in [6.45, 7) is 0. The second-order valence-electron chi connectivity index (χ2n) is 6.64. The lowest BCUT2D eigenvalue weighted by Crippen LogP contribution is -2.41. The normalized spacial score (nSPS) is 15.4. The lowest BCUT2D eigenvalue weighted by Gasteiger charge is -2.27. The Labute approximate surface area is 161 Å². The molecule has 142 valence electrons. The fourth-order valence-electron chi connectivity index (χ4n) is 3.54. The molecule has 0 N–H and O–H groups in total. The highest BCUT2D eigenvalue weighted by Crippen LogP contribution is 2.41. The minimum atomic E-state index is -0.433. The monoisotopic (exact) mass is 376 g/mol. The van der Waals surface area contributed by atoms with Crippen LogP contribution in [0.25, 0.3) is 5.76 Å². The number of fused-ring (bicyclic) bond motifs is 1. The highest BCUT2D eigenvalue weighted by Gasteiger charge is 2.32. The minimum absolute atomic E-state index is 0.255. The third kappa shape index (κ3) is 2.74. The van der Waals surface area contributed by atoms with Gasteiger partial charge in [-0.1, -0.05) is 48.5 Å². The largest absolute Gasteiger partial charge is 0.496 e. The van der Waals surface area contributed by atoms with Gasteiger partial charge >= 0.3 is 5.69 Å². The number of methoxy groups -OCH3 is 1. The first kappa shape index (κ1) is 17.9. The van der Waals surface area contributed by atoms with Gasteiger partial charge in [-0.15, -0.1) is 0 Å². The summed E-state index contributed by atoms with van der Waals surface area (Å²) < 4.78 is 14.1. The molecule has 0 radical (unpaired) electrons. The highest BCUT2D eigenvalue weighted by molar-refractivity contribution is 5.68. The number of para-hydroxylation sites is 1. The molecule has 1 atom stereocenters. The molecule has 0 bridgehead atoms. The van der Waals surface area contributed by atoms with Crippen molar-refractivity contribution in [2.75, 3.05) is 7.11 Å². The third-order valence-corrected chi connectivity index (χ3v) is 5.01. The van der Waals surface area contributed by atoms with Crippen molar-refractivity contribution in [1.82, 2.24) is 9.13 Å². The van der Waals surface area contributed by atoms with Gasteiger partial charge in [0.2, 0.25) is 5.88 Å². The van der Waals surface area contributed by atoms with E-state index < -0.39 is 11.6 Å². The van der Waals surface area contributed by atoms with Crippen molar-refractivity contribution < 1.29 is 9.47 Å². The molecule has 1 aliphatic rings. The first-order chi connectivity index (χ1) is 13.5. The topological polar surface area (TPSA) is 62.5 Å². The van der Waals surface area contributed by atoms with Gasteiger partial charge in [0.25, 0.3) is 5.56 Å². The lowest BCUT2D eigenvalue weighted by molar-refractivity contribution is 0.403.